The van der Waals surface area contributed by atoms with Crippen molar-refractivity contribution in [3.63, 3.8) is 0 Å². The Morgan fingerprint density at radius 2 is 0.261 bits per heavy atom. The van der Waals surface area contributed by atoms with Gasteiger partial charge < -0.3 is 61.6 Å². The molecule has 0 saturated carbocycles. The predicted octanol–water partition coefficient (Wildman–Crippen LogP) is 11.4. The molecule has 0 saturated heterocycles. The summed E-state index contributed by atoms with van der Waals surface area (Å²) in [5, 5.41) is 0. The normalized spacial score (nSPS) is 7.83. The summed E-state index contributed by atoms with van der Waals surface area (Å²) in [5.74, 6) is -2.74. The zero-order valence-electron chi connectivity index (χ0n) is 61.1. The van der Waals surface area contributed by atoms with Crippen LogP contribution in [-0.2, 0) is 124 Å². The van der Waals surface area contributed by atoms with E-state index < -0.39 is 0 Å². The number of esters is 13. The van der Waals surface area contributed by atoms with Crippen LogP contribution in [-0.4, -0.2) is 163 Å². The summed E-state index contributed by atoms with van der Waals surface area (Å²) < 4.78 is 57.2. The topological polar surface area (TPSA) is 342 Å². The molecule has 0 bridgehead atoms. The maximum atomic E-state index is 9.82. The van der Waals surface area contributed by atoms with Crippen LogP contribution in [0.15, 0.2) is 60.7 Å². The third-order valence-electron chi connectivity index (χ3n) is 6.40. The van der Waals surface area contributed by atoms with E-state index in [-0.39, 0.29) is 77.6 Å². The number of benzene rings is 2. The molecule has 0 atom stereocenters. The third kappa shape index (κ3) is 244. The minimum atomic E-state index is -0.211. The maximum absolute atomic E-state index is 9.82. The fourth-order valence-electron chi connectivity index (χ4n) is 3.71. The summed E-state index contributed by atoms with van der Waals surface area (Å²) in [6.07, 6.45) is 0. The SMILES string of the molecule is CCOC(C)=O.CCOC(C)=O.CCOC(C)=O.CCOC(C)=O.CCOC(C)=O.CCOC(C)=O.CCOC(C)=O.CCOC(C)=O.CCOC(C)=O.CCOC(C)=O.CCOC(C)=O.CCOC(C)=O.CCOC(C)=O.Cc1ccccc1.Cc1ccccc1. The zero-order valence-corrected chi connectivity index (χ0v) is 61.1. The van der Waals surface area contributed by atoms with Crippen LogP contribution in [0.3, 0.4) is 0 Å². The first-order chi connectivity index (χ1) is 42.8. The average Bonchev–Trinajstić information content (AvgIpc) is 3.63. The van der Waals surface area contributed by atoms with E-state index >= 15 is 0 Å². The van der Waals surface area contributed by atoms with Gasteiger partial charge in [0.25, 0.3) is 0 Å². The third-order valence-corrected chi connectivity index (χ3v) is 6.40. The van der Waals surface area contributed by atoms with Crippen molar-refractivity contribution >= 4 is 77.6 Å². The quantitative estimate of drug-likeness (QED) is 0.133. The minimum Gasteiger partial charge on any atom is -0.466 e. The fourth-order valence-corrected chi connectivity index (χ4v) is 3.71. The lowest BCUT2D eigenvalue weighted by atomic mass is 10.2. The molecule has 0 heterocycles. The van der Waals surface area contributed by atoms with Crippen molar-refractivity contribution < 1.29 is 124 Å². The average molecular weight is 1330 g/mol. The molecule has 2 aromatic carbocycles. The second kappa shape index (κ2) is 104. The van der Waals surface area contributed by atoms with Crippen LogP contribution in [0, 0.1) is 13.8 Å². The molecule has 26 nitrogen and oxygen atoms in total. The monoisotopic (exact) mass is 1330 g/mol. The van der Waals surface area contributed by atoms with Crippen LogP contribution in [0.4, 0.5) is 0 Å². The maximum Gasteiger partial charge on any atom is 0.302 e. The van der Waals surface area contributed by atoms with Gasteiger partial charge in [0.2, 0.25) is 0 Å². The summed E-state index contributed by atoms with van der Waals surface area (Å²) in [7, 11) is 0. The smallest absolute Gasteiger partial charge is 0.302 e. The molecule has 0 fully saturated rings. The van der Waals surface area contributed by atoms with Crippen molar-refractivity contribution in [2.45, 2.75) is 194 Å². The lowest BCUT2D eigenvalue weighted by Crippen LogP contribution is -1.95. The second-order valence-corrected chi connectivity index (χ2v) is 15.3. The molecule has 0 amide bonds. The van der Waals surface area contributed by atoms with E-state index in [9.17, 15) is 62.3 Å². The highest BCUT2D eigenvalue weighted by Crippen LogP contribution is 1.93. The van der Waals surface area contributed by atoms with Gasteiger partial charge in [0.15, 0.2) is 0 Å². The predicted molar refractivity (Wildman–Crippen MR) is 352 cm³/mol. The Morgan fingerprint density at radius 3 is 0.283 bits per heavy atom. The molecule has 0 aliphatic carbocycles. The molecule has 0 aliphatic heterocycles. The molecule has 0 aliphatic rings. The van der Waals surface area contributed by atoms with E-state index in [1.54, 1.807) is 90.0 Å². The van der Waals surface area contributed by atoms with Gasteiger partial charge in [0, 0.05) is 90.0 Å². The van der Waals surface area contributed by atoms with Crippen LogP contribution in [0.5, 0.6) is 0 Å². The summed E-state index contributed by atoms with van der Waals surface area (Å²) >= 11 is 0. The highest BCUT2D eigenvalue weighted by atomic mass is 16.6. The van der Waals surface area contributed by atoms with Crippen LogP contribution in [0.2, 0.25) is 0 Å². The first-order valence-electron chi connectivity index (χ1n) is 29.6. The number of rotatable bonds is 13. The van der Waals surface area contributed by atoms with Crippen LogP contribution >= 0.6 is 0 Å². The zero-order chi connectivity index (χ0) is 75.1. The highest BCUT2D eigenvalue weighted by Gasteiger charge is 1.88. The molecule has 2 rings (SSSR count). The first kappa shape index (κ1) is 114. The Morgan fingerprint density at radius 1 is 0.185 bits per heavy atom. The summed E-state index contributed by atoms with van der Waals surface area (Å²) in [5.41, 5.74) is 2.64. The molecule has 26 heteroatoms. The largest absolute Gasteiger partial charge is 0.466 e. The Kier molecular flexibility index (Phi) is 130. The molecular formula is C66H120O26. The van der Waals surface area contributed by atoms with E-state index in [4.69, 9.17) is 0 Å². The molecule has 0 radical (unpaired) electrons. The van der Waals surface area contributed by atoms with Crippen LogP contribution < -0.4 is 0 Å². The molecule has 0 aromatic heterocycles. The van der Waals surface area contributed by atoms with Gasteiger partial charge in [0.1, 0.15) is 0 Å². The van der Waals surface area contributed by atoms with Crippen molar-refractivity contribution in [2.75, 3.05) is 85.9 Å². The summed E-state index contributed by atoms with van der Waals surface area (Å²) in [6, 6.07) is 20.5. The Hall–Kier alpha value is -8.45. The van der Waals surface area contributed by atoms with E-state index in [1.807, 2.05) is 36.4 Å². The van der Waals surface area contributed by atoms with Crippen molar-refractivity contribution in [1.82, 2.24) is 0 Å². The number of carbonyl (C=O) groups is 13. The molecule has 2 aromatic rings. The van der Waals surface area contributed by atoms with E-state index in [2.05, 4.69) is 99.7 Å². The van der Waals surface area contributed by atoms with Gasteiger partial charge in [-0.15, -0.1) is 0 Å². The highest BCUT2D eigenvalue weighted by molar-refractivity contribution is 5.69. The summed E-state index contributed by atoms with van der Waals surface area (Å²) in [6.45, 7) is 51.7. The standard InChI is InChI=1S/2C7H8.13C4H8O2/c2*1-7-5-3-2-4-6-7;13*1-3-6-4(2)5/h2*2-6H,1H3;13*3H2,1-2H3. The molecule has 540 valence electrons. The number of ether oxygens (including phenoxy) is 13. The van der Waals surface area contributed by atoms with Gasteiger partial charge >= 0.3 is 77.6 Å². The van der Waals surface area contributed by atoms with E-state index in [1.165, 1.54) is 101 Å². The lowest BCUT2D eigenvalue weighted by molar-refractivity contribution is -0.141. The Bertz CT molecular complexity index is 1570. The summed E-state index contributed by atoms with van der Waals surface area (Å²) in [4.78, 5) is 128. The van der Waals surface area contributed by atoms with Gasteiger partial charge in [0.05, 0.1) is 85.9 Å². The van der Waals surface area contributed by atoms with Gasteiger partial charge in [-0.2, -0.15) is 0 Å². The molecule has 0 spiro atoms. The van der Waals surface area contributed by atoms with Gasteiger partial charge in [-0.1, -0.05) is 71.8 Å². The second-order valence-electron chi connectivity index (χ2n) is 15.3. The number of carbonyl (C=O) groups excluding carboxylic acids is 13. The van der Waals surface area contributed by atoms with Crippen molar-refractivity contribution in [3.05, 3.63) is 71.8 Å². The van der Waals surface area contributed by atoms with Crippen LogP contribution in [0.1, 0.15) is 191 Å². The first-order valence-corrected chi connectivity index (χ1v) is 29.6. The van der Waals surface area contributed by atoms with Crippen molar-refractivity contribution in [1.29, 1.82) is 0 Å². The molecule has 92 heavy (non-hydrogen) atoms. The fraction of sp³-hybridized carbons (Fsp3) is 0.621. The minimum absolute atomic E-state index is 0.211. The van der Waals surface area contributed by atoms with Gasteiger partial charge in [-0.05, 0) is 104 Å². The Balaban J connectivity index is -0.0000000661. The number of aryl methyl sites for hydroxylation is 2. The van der Waals surface area contributed by atoms with E-state index in [0.717, 1.165) is 0 Å². The van der Waals surface area contributed by atoms with Crippen molar-refractivity contribution in [3.8, 4) is 0 Å². The number of hydrogen-bond donors (Lipinski definition) is 0. The Labute approximate surface area is 551 Å². The van der Waals surface area contributed by atoms with Crippen LogP contribution in [0.25, 0.3) is 0 Å². The van der Waals surface area contributed by atoms with Gasteiger partial charge in [-0.3, -0.25) is 62.3 Å². The number of hydrogen-bond acceptors (Lipinski definition) is 26. The molecular weight excluding hydrogens is 1210 g/mol. The van der Waals surface area contributed by atoms with Gasteiger partial charge in [-0.25, -0.2) is 0 Å². The molecule has 0 unspecified atom stereocenters. The van der Waals surface area contributed by atoms with Crippen molar-refractivity contribution in [2.24, 2.45) is 0 Å². The lowest BCUT2D eigenvalue weighted by Gasteiger charge is -1.89. The van der Waals surface area contributed by atoms with E-state index in [0.29, 0.717) is 85.9 Å². The molecule has 0 N–H and O–H groups in total.